The van der Waals surface area contributed by atoms with Crippen molar-refractivity contribution in [2.45, 2.75) is 34.6 Å². The minimum absolute atomic E-state index is 0.114. The summed E-state index contributed by atoms with van der Waals surface area (Å²) in [4.78, 5) is 0. The number of hydrogen-bond donors (Lipinski definition) is 0. The van der Waals surface area contributed by atoms with Gasteiger partial charge in [-0.1, -0.05) is 0 Å². The average Bonchev–Trinajstić information content (AvgIpc) is 1.69. The molecule has 0 aliphatic rings. The molecule has 0 amide bonds. The zero-order valence-electron chi connectivity index (χ0n) is 5.54. The summed E-state index contributed by atoms with van der Waals surface area (Å²) >= 11 is -0.114. The summed E-state index contributed by atoms with van der Waals surface area (Å²) in [5.74, 6) is 0. The van der Waals surface area contributed by atoms with Gasteiger partial charge in [0, 0.05) is 0 Å². The van der Waals surface area contributed by atoms with E-state index in [-0.39, 0.29) is 24.2 Å². The molecule has 0 radical (unpaired) electrons. The van der Waals surface area contributed by atoms with Gasteiger partial charge in [-0.3, -0.25) is 0 Å². The van der Waals surface area contributed by atoms with E-state index in [1.165, 1.54) is 12.8 Å². The van der Waals surface area contributed by atoms with E-state index in [1.54, 1.807) is 7.96 Å². The maximum atomic E-state index is 2.30. The van der Waals surface area contributed by atoms with E-state index in [0.717, 1.165) is 0 Å². The van der Waals surface area contributed by atoms with Gasteiger partial charge in [0.2, 0.25) is 0 Å². The van der Waals surface area contributed by atoms with Crippen LogP contribution in [0.5, 0.6) is 0 Å². The van der Waals surface area contributed by atoms with E-state index >= 15 is 0 Å². The third-order valence-electron chi connectivity index (χ3n) is 1.21. The standard InChI is InChI=1S/2C3H7.Cd/c2*1-3-2;/h2*1,3H2,2H3;. The van der Waals surface area contributed by atoms with E-state index < -0.39 is 0 Å². The van der Waals surface area contributed by atoms with Crippen LogP contribution in [0, 0.1) is 0 Å². The van der Waals surface area contributed by atoms with Gasteiger partial charge in [0.1, 0.15) is 0 Å². The second-order valence-corrected chi connectivity index (χ2v) is 8.12. The molecule has 0 nitrogen and oxygen atoms in total. The van der Waals surface area contributed by atoms with Crippen molar-refractivity contribution in [1.29, 1.82) is 0 Å². The normalized spacial score (nSPS) is 8.29. The molecule has 1 heteroatoms. The van der Waals surface area contributed by atoms with Gasteiger partial charge in [-0.2, -0.15) is 0 Å². The van der Waals surface area contributed by atoms with Gasteiger partial charge < -0.3 is 0 Å². The third-order valence-corrected chi connectivity index (χ3v) is 8.10. The van der Waals surface area contributed by atoms with Crippen LogP contribution in [0.2, 0.25) is 7.96 Å². The van der Waals surface area contributed by atoms with Crippen LogP contribution >= 0.6 is 0 Å². The van der Waals surface area contributed by atoms with Crippen molar-refractivity contribution in [3.05, 3.63) is 0 Å². The van der Waals surface area contributed by atoms with Gasteiger partial charge in [0.25, 0.3) is 0 Å². The Morgan fingerprint density at radius 2 is 1.43 bits per heavy atom. The van der Waals surface area contributed by atoms with Gasteiger partial charge in [-0.25, -0.2) is 0 Å². The first-order valence-corrected chi connectivity index (χ1v) is 9.12. The molecule has 0 atom stereocenters. The quantitative estimate of drug-likeness (QED) is 0.481. The zero-order valence-corrected chi connectivity index (χ0v) is 9.57. The SMILES string of the molecule is CC[CH2][Cd][CH2]CC. The maximum absolute atomic E-state index is 2.30. The minimum atomic E-state index is -0.114. The fourth-order valence-electron chi connectivity index (χ4n) is 0.677. The van der Waals surface area contributed by atoms with Gasteiger partial charge in [0.05, 0.1) is 0 Å². The molecule has 0 aromatic heterocycles. The van der Waals surface area contributed by atoms with Crippen LogP contribution in [0.4, 0.5) is 0 Å². The summed E-state index contributed by atoms with van der Waals surface area (Å²) in [7, 11) is 0. The first kappa shape index (κ1) is 7.92. The predicted octanol–water partition coefficient (Wildman–Crippen LogP) is 2.73. The molecular formula is C6H14Cd. The fraction of sp³-hybridized carbons (Fsp3) is 1.00. The molecule has 0 N–H and O–H groups in total. The molecule has 0 bridgehead atoms. The molecule has 0 fully saturated rings. The van der Waals surface area contributed by atoms with Crippen LogP contribution in [0.15, 0.2) is 0 Å². The van der Waals surface area contributed by atoms with Crippen LogP contribution in [-0.4, -0.2) is 0 Å². The molecular weight excluding hydrogens is 184 g/mol. The van der Waals surface area contributed by atoms with Crippen molar-refractivity contribution in [2.24, 2.45) is 0 Å². The Bertz CT molecular complexity index is 23.4. The van der Waals surface area contributed by atoms with Gasteiger partial charge in [-0.05, 0) is 0 Å². The molecule has 0 saturated carbocycles. The Morgan fingerprint density at radius 1 is 1.00 bits per heavy atom. The van der Waals surface area contributed by atoms with Gasteiger partial charge in [-0.15, -0.1) is 0 Å². The zero-order chi connectivity index (χ0) is 5.54. The summed E-state index contributed by atoms with van der Waals surface area (Å²) in [5.41, 5.74) is 0. The number of rotatable bonds is 4. The number of hydrogen-bond acceptors (Lipinski definition) is 0. The molecule has 0 spiro atoms. The Labute approximate surface area is 58.9 Å². The van der Waals surface area contributed by atoms with Crippen molar-refractivity contribution < 1.29 is 24.2 Å². The predicted molar refractivity (Wildman–Crippen MR) is 30.2 cm³/mol. The topological polar surface area (TPSA) is 0 Å². The first-order chi connectivity index (χ1) is 3.41. The fourth-order valence-corrected chi connectivity index (χ4v) is 4.54. The Kier molecular flexibility index (Phi) is 7.83. The van der Waals surface area contributed by atoms with E-state index in [1.807, 2.05) is 0 Å². The van der Waals surface area contributed by atoms with Crippen LogP contribution in [0.25, 0.3) is 0 Å². The first-order valence-electron chi connectivity index (χ1n) is 3.41. The van der Waals surface area contributed by atoms with E-state index in [2.05, 4.69) is 13.8 Å². The second kappa shape index (κ2) is 6.92. The molecule has 0 aliphatic heterocycles. The molecule has 7 heavy (non-hydrogen) atoms. The van der Waals surface area contributed by atoms with Crippen molar-refractivity contribution in [3.63, 3.8) is 0 Å². The van der Waals surface area contributed by atoms with E-state index in [0.29, 0.717) is 0 Å². The summed E-state index contributed by atoms with van der Waals surface area (Å²) in [5, 5.41) is 0. The molecule has 0 unspecified atom stereocenters. The summed E-state index contributed by atoms with van der Waals surface area (Å²) in [6.07, 6.45) is 2.91. The van der Waals surface area contributed by atoms with Crippen molar-refractivity contribution in [1.82, 2.24) is 0 Å². The Morgan fingerprint density at radius 3 is 1.71 bits per heavy atom. The summed E-state index contributed by atoms with van der Waals surface area (Å²) < 4.78 is 3.27. The average molecular weight is 199 g/mol. The van der Waals surface area contributed by atoms with Crippen molar-refractivity contribution in [3.8, 4) is 0 Å². The van der Waals surface area contributed by atoms with E-state index in [9.17, 15) is 0 Å². The second-order valence-electron chi connectivity index (χ2n) is 2.06. The molecule has 0 heterocycles. The molecule has 40 valence electrons. The molecule has 0 aromatic carbocycles. The van der Waals surface area contributed by atoms with Gasteiger partial charge >= 0.3 is 58.9 Å². The molecule has 0 aromatic rings. The van der Waals surface area contributed by atoms with Crippen LogP contribution in [0.3, 0.4) is 0 Å². The van der Waals surface area contributed by atoms with Gasteiger partial charge in [0.15, 0.2) is 0 Å². The monoisotopic (exact) mass is 200 g/mol. The molecule has 0 aliphatic carbocycles. The summed E-state index contributed by atoms with van der Waals surface area (Å²) in [6, 6.07) is 0. The van der Waals surface area contributed by atoms with Crippen LogP contribution in [0.1, 0.15) is 26.7 Å². The summed E-state index contributed by atoms with van der Waals surface area (Å²) in [6.45, 7) is 4.60. The van der Waals surface area contributed by atoms with Crippen molar-refractivity contribution >= 4 is 0 Å². The van der Waals surface area contributed by atoms with E-state index in [4.69, 9.17) is 0 Å². The van der Waals surface area contributed by atoms with Crippen LogP contribution < -0.4 is 0 Å². The molecule has 0 saturated heterocycles. The Hall–Kier alpha value is 0.922. The molecule has 0 rings (SSSR count). The Balaban J connectivity index is 2.45. The third kappa shape index (κ3) is 6.92. The van der Waals surface area contributed by atoms with Crippen LogP contribution in [-0.2, 0) is 24.2 Å². The van der Waals surface area contributed by atoms with Crippen molar-refractivity contribution in [2.75, 3.05) is 0 Å².